The van der Waals surface area contributed by atoms with Crippen molar-refractivity contribution in [1.82, 2.24) is 15.4 Å². The first-order valence-electron chi connectivity index (χ1n) is 8.74. The minimum Gasteiger partial charge on any atom is -0.495 e. The first kappa shape index (κ1) is 19.6. The topological polar surface area (TPSA) is 88.0 Å². The van der Waals surface area contributed by atoms with Gasteiger partial charge in [0.15, 0.2) is 17.2 Å². The van der Waals surface area contributed by atoms with Crippen LogP contribution in [0.4, 0.5) is 21.7 Å². The van der Waals surface area contributed by atoms with E-state index in [1.807, 2.05) is 19.1 Å². The first-order chi connectivity index (χ1) is 14.1. The minimum absolute atomic E-state index is 0.315. The quantitative estimate of drug-likeness (QED) is 0.286. The third-order valence-electron chi connectivity index (χ3n) is 4.22. The number of ether oxygens (including phenoxy) is 1. The Morgan fingerprint density at radius 3 is 2.90 bits per heavy atom. The molecule has 0 atom stereocenters. The second-order valence-electron chi connectivity index (χ2n) is 6.12. The fourth-order valence-electron chi connectivity index (χ4n) is 2.71. The van der Waals surface area contributed by atoms with E-state index in [1.54, 1.807) is 19.2 Å². The standard InChI is InChI=1S/C19H17BrFN5O2S/c1-3-11-7-18(24-23-11)22-14-9-15-12(8-16(14)27-2)19(25-28-15)26-29-17-6-10(21)4-5-13(17)20/h4-9H,3H2,1-2H3,(H,25,26)(H2,22,23,24). The van der Waals surface area contributed by atoms with Crippen LogP contribution in [0.3, 0.4) is 0 Å². The summed E-state index contributed by atoms with van der Waals surface area (Å²) in [4.78, 5) is 0.691. The summed E-state index contributed by atoms with van der Waals surface area (Å²) >= 11 is 4.64. The molecule has 0 aliphatic rings. The van der Waals surface area contributed by atoms with Crippen LogP contribution >= 0.6 is 27.9 Å². The molecule has 0 radical (unpaired) electrons. The number of halogens is 2. The number of anilines is 3. The molecule has 2 heterocycles. The van der Waals surface area contributed by atoms with Crippen LogP contribution in [0.1, 0.15) is 12.6 Å². The van der Waals surface area contributed by atoms with Crippen molar-refractivity contribution >= 4 is 56.2 Å². The van der Waals surface area contributed by atoms with Crippen molar-refractivity contribution in [3.63, 3.8) is 0 Å². The van der Waals surface area contributed by atoms with E-state index in [0.717, 1.165) is 22.0 Å². The van der Waals surface area contributed by atoms with Gasteiger partial charge in [-0.25, -0.2) is 4.39 Å². The van der Waals surface area contributed by atoms with Gasteiger partial charge < -0.3 is 19.3 Å². The fraction of sp³-hybridized carbons (Fsp3) is 0.158. The van der Waals surface area contributed by atoms with E-state index in [2.05, 4.69) is 41.3 Å². The van der Waals surface area contributed by atoms with E-state index in [1.165, 1.54) is 24.1 Å². The molecule has 7 nitrogen and oxygen atoms in total. The van der Waals surface area contributed by atoms with Crippen molar-refractivity contribution in [1.29, 1.82) is 0 Å². The van der Waals surface area contributed by atoms with Gasteiger partial charge >= 0.3 is 0 Å². The van der Waals surface area contributed by atoms with Crippen LogP contribution in [0, 0.1) is 5.82 Å². The van der Waals surface area contributed by atoms with E-state index >= 15 is 0 Å². The van der Waals surface area contributed by atoms with E-state index in [-0.39, 0.29) is 5.82 Å². The van der Waals surface area contributed by atoms with Crippen molar-refractivity contribution in [2.45, 2.75) is 18.2 Å². The van der Waals surface area contributed by atoms with Crippen LogP contribution in [-0.4, -0.2) is 22.5 Å². The fourth-order valence-corrected chi connectivity index (χ4v) is 3.89. The number of hydrogen-bond acceptors (Lipinski definition) is 7. The van der Waals surface area contributed by atoms with E-state index in [9.17, 15) is 4.39 Å². The Morgan fingerprint density at radius 2 is 2.14 bits per heavy atom. The Balaban J connectivity index is 1.60. The molecule has 2 aromatic carbocycles. The molecule has 29 heavy (non-hydrogen) atoms. The molecule has 0 bridgehead atoms. The number of aryl methyl sites for hydroxylation is 1. The molecule has 0 spiro atoms. The van der Waals surface area contributed by atoms with Gasteiger partial charge in [-0.2, -0.15) is 5.10 Å². The molecule has 3 N–H and O–H groups in total. The molecule has 0 aliphatic carbocycles. The second-order valence-corrected chi connectivity index (χ2v) is 7.82. The lowest BCUT2D eigenvalue weighted by atomic mass is 10.2. The number of benzene rings is 2. The summed E-state index contributed by atoms with van der Waals surface area (Å²) < 4.78 is 28.3. The maximum absolute atomic E-state index is 13.5. The van der Waals surface area contributed by atoms with Gasteiger partial charge in [-0.05, 0) is 58.6 Å². The molecule has 0 aliphatic heterocycles. The van der Waals surface area contributed by atoms with Crippen molar-refractivity contribution in [2.24, 2.45) is 0 Å². The monoisotopic (exact) mass is 477 g/mol. The predicted molar refractivity (Wildman–Crippen MR) is 115 cm³/mol. The Morgan fingerprint density at radius 1 is 1.28 bits per heavy atom. The number of nitrogens with zero attached hydrogens (tertiary/aromatic N) is 2. The highest BCUT2D eigenvalue weighted by Gasteiger charge is 2.15. The highest BCUT2D eigenvalue weighted by Crippen LogP contribution is 2.37. The van der Waals surface area contributed by atoms with Crippen LogP contribution in [0.2, 0.25) is 0 Å². The molecule has 0 unspecified atom stereocenters. The molecule has 0 amide bonds. The van der Waals surface area contributed by atoms with Gasteiger partial charge in [0.1, 0.15) is 11.6 Å². The zero-order chi connectivity index (χ0) is 20.4. The Bertz CT molecular complexity index is 1160. The van der Waals surface area contributed by atoms with Gasteiger partial charge in [0, 0.05) is 27.2 Å². The molecular weight excluding hydrogens is 461 g/mol. The number of H-pyrrole nitrogens is 1. The van der Waals surface area contributed by atoms with Crippen molar-refractivity contribution in [2.75, 3.05) is 17.1 Å². The smallest absolute Gasteiger partial charge is 0.187 e. The summed E-state index contributed by atoms with van der Waals surface area (Å²) in [6.07, 6.45) is 0.862. The van der Waals surface area contributed by atoms with Gasteiger partial charge in [-0.3, -0.25) is 5.10 Å². The highest BCUT2D eigenvalue weighted by atomic mass is 79.9. The highest BCUT2D eigenvalue weighted by molar-refractivity contribution is 9.10. The van der Waals surface area contributed by atoms with Gasteiger partial charge in [0.2, 0.25) is 0 Å². The van der Waals surface area contributed by atoms with E-state index < -0.39 is 0 Å². The average molecular weight is 478 g/mol. The molecule has 4 rings (SSSR count). The third-order valence-corrected chi connectivity index (χ3v) is 6.02. The normalized spacial score (nSPS) is 11.0. The van der Waals surface area contributed by atoms with Gasteiger partial charge in [0.05, 0.1) is 18.2 Å². The molecule has 10 heteroatoms. The van der Waals surface area contributed by atoms with Crippen molar-refractivity contribution in [3.05, 3.63) is 52.4 Å². The SMILES string of the molecule is CCc1cc(Nc2cc3onc(NSc4cc(F)ccc4Br)c3cc2OC)n[nH]1. The molecule has 0 saturated heterocycles. The predicted octanol–water partition coefficient (Wildman–Crippen LogP) is 5.89. The largest absolute Gasteiger partial charge is 0.495 e. The number of rotatable bonds is 7. The molecule has 0 saturated carbocycles. The summed E-state index contributed by atoms with van der Waals surface area (Å²) in [7, 11) is 1.59. The number of hydrogen-bond donors (Lipinski definition) is 3. The maximum Gasteiger partial charge on any atom is 0.187 e. The summed E-state index contributed by atoms with van der Waals surface area (Å²) in [6, 6.07) is 10.0. The third kappa shape index (κ3) is 4.18. The van der Waals surface area contributed by atoms with Crippen molar-refractivity contribution < 1.29 is 13.7 Å². The Labute approximate surface area is 178 Å². The summed E-state index contributed by atoms with van der Waals surface area (Å²) in [5.41, 5.74) is 2.30. The molecule has 4 aromatic rings. The first-order valence-corrected chi connectivity index (χ1v) is 10.3. The maximum atomic E-state index is 13.5. The molecule has 2 aromatic heterocycles. The summed E-state index contributed by atoms with van der Waals surface area (Å²) in [6.45, 7) is 2.05. The minimum atomic E-state index is -0.315. The van der Waals surface area contributed by atoms with Crippen LogP contribution in [0.15, 0.2) is 50.3 Å². The van der Waals surface area contributed by atoms with Gasteiger partial charge in [-0.15, -0.1) is 0 Å². The number of nitrogens with one attached hydrogen (secondary N) is 3. The summed E-state index contributed by atoms with van der Waals surface area (Å²) in [5.74, 6) is 1.49. The van der Waals surface area contributed by atoms with Gasteiger partial charge in [-0.1, -0.05) is 12.1 Å². The lowest BCUT2D eigenvalue weighted by molar-refractivity contribution is 0.417. The number of fused-ring (bicyclic) bond motifs is 1. The van der Waals surface area contributed by atoms with Crippen LogP contribution in [0.25, 0.3) is 11.0 Å². The zero-order valence-electron chi connectivity index (χ0n) is 15.5. The van der Waals surface area contributed by atoms with Gasteiger partial charge in [0.25, 0.3) is 0 Å². The lowest BCUT2D eigenvalue weighted by Gasteiger charge is -2.09. The zero-order valence-corrected chi connectivity index (χ0v) is 17.9. The Hall–Kier alpha value is -2.72. The lowest BCUT2D eigenvalue weighted by Crippen LogP contribution is -1.95. The van der Waals surface area contributed by atoms with Crippen molar-refractivity contribution in [3.8, 4) is 5.75 Å². The average Bonchev–Trinajstić information content (AvgIpc) is 3.34. The number of aromatic nitrogens is 3. The van der Waals surface area contributed by atoms with E-state index in [4.69, 9.17) is 9.26 Å². The molecular formula is C19H17BrFN5O2S. The second kappa shape index (κ2) is 8.34. The number of aromatic amines is 1. The Kier molecular flexibility index (Phi) is 5.63. The van der Waals surface area contributed by atoms with Crippen LogP contribution < -0.4 is 14.8 Å². The molecule has 0 fully saturated rings. The summed E-state index contributed by atoms with van der Waals surface area (Å²) in [5, 5.41) is 15.2. The number of methoxy groups -OCH3 is 1. The van der Waals surface area contributed by atoms with E-state index in [0.29, 0.717) is 33.6 Å². The van der Waals surface area contributed by atoms with Crippen LogP contribution in [-0.2, 0) is 6.42 Å². The molecule has 150 valence electrons. The van der Waals surface area contributed by atoms with Crippen LogP contribution in [0.5, 0.6) is 5.75 Å².